The number of methoxy groups -OCH3 is 2. The summed E-state index contributed by atoms with van der Waals surface area (Å²) in [5.41, 5.74) is 7.10. The van der Waals surface area contributed by atoms with Gasteiger partial charge in [-0.3, -0.25) is 33.8 Å². The van der Waals surface area contributed by atoms with E-state index in [-0.39, 0.29) is 48.5 Å². The Morgan fingerprint density at radius 1 is 0.682 bits per heavy atom. The normalized spacial score (nSPS) is 17.2. The molecule has 4 aliphatic rings. The van der Waals surface area contributed by atoms with E-state index in [1.807, 2.05) is 87.6 Å². The van der Waals surface area contributed by atoms with Crippen molar-refractivity contribution in [2.75, 3.05) is 53.1 Å². The number of nitrogens with zero attached hydrogens (tertiary/aromatic N) is 3. The number of para-hydroxylation sites is 2. The number of anilines is 5. The SMILES string of the molecule is CCC(=O)C(C)CCCCN(C)c1cc(COc2cc3c(cc2OC)C(=O)N2c4ccccc4C[C@H]2C(=O)N3)cc(COc2cc3c(cc2OC)C(=O)N2c4ccccc4C[C@H]2C(=O)N3)c1. The van der Waals surface area contributed by atoms with E-state index >= 15 is 0 Å². The third kappa shape index (κ3) is 8.27. The zero-order valence-corrected chi connectivity index (χ0v) is 37.8. The molecule has 0 saturated heterocycles. The van der Waals surface area contributed by atoms with E-state index in [0.29, 0.717) is 64.8 Å². The summed E-state index contributed by atoms with van der Waals surface area (Å²) < 4.78 is 24.4. The highest BCUT2D eigenvalue weighted by Crippen LogP contribution is 2.43. The average Bonchev–Trinajstić information content (AvgIpc) is 3.88. The number of carbonyl (C=O) groups is 5. The maximum absolute atomic E-state index is 14.1. The minimum atomic E-state index is -0.678. The summed E-state index contributed by atoms with van der Waals surface area (Å²) in [5, 5.41) is 5.95. The van der Waals surface area contributed by atoms with Gasteiger partial charge in [0.25, 0.3) is 11.8 Å². The van der Waals surface area contributed by atoms with E-state index in [0.717, 1.165) is 65.1 Å². The van der Waals surface area contributed by atoms with Gasteiger partial charge in [-0.1, -0.05) is 56.7 Å². The Bertz CT molecular complexity index is 2610. The van der Waals surface area contributed by atoms with Crippen LogP contribution in [-0.4, -0.2) is 69.3 Å². The van der Waals surface area contributed by atoms with Gasteiger partial charge in [0.1, 0.15) is 31.1 Å². The fraction of sp³-hybridized carbons (Fsp3) is 0.327. The van der Waals surface area contributed by atoms with Crippen LogP contribution in [0.3, 0.4) is 0 Å². The van der Waals surface area contributed by atoms with Crippen LogP contribution in [0.5, 0.6) is 23.0 Å². The number of ether oxygens (including phenoxy) is 4. The summed E-state index contributed by atoms with van der Waals surface area (Å²) in [6.07, 6.45) is 3.99. The third-order valence-corrected chi connectivity index (χ3v) is 13.1. The molecule has 0 radical (unpaired) electrons. The quantitative estimate of drug-likeness (QED) is 0.0928. The topological polar surface area (TPSA) is 156 Å². The molecule has 4 heterocycles. The van der Waals surface area contributed by atoms with Crippen molar-refractivity contribution in [1.82, 2.24) is 0 Å². The lowest BCUT2D eigenvalue weighted by molar-refractivity contribution is -0.122. The minimum absolute atomic E-state index is 0.0278. The number of hydrogen-bond acceptors (Lipinski definition) is 10. The maximum atomic E-state index is 14.1. The molecule has 4 aliphatic heterocycles. The molecule has 5 aromatic carbocycles. The summed E-state index contributed by atoms with van der Waals surface area (Å²) in [5.74, 6) is 0.477. The van der Waals surface area contributed by atoms with Crippen molar-refractivity contribution < 1.29 is 42.9 Å². The summed E-state index contributed by atoms with van der Waals surface area (Å²) in [4.78, 5) is 72.8. The zero-order valence-electron chi connectivity index (χ0n) is 37.8. The number of unbranched alkanes of at least 4 members (excludes halogenated alkanes) is 1. The Labute approximate surface area is 383 Å². The molecule has 2 N–H and O–H groups in total. The lowest BCUT2D eigenvalue weighted by atomic mass is 9.98. The molecule has 340 valence electrons. The highest BCUT2D eigenvalue weighted by molar-refractivity contribution is 6.21. The largest absolute Gasteiger partial charge is 0.493 e. The van der Waals surface area contributed by atoms with Gasteiger partial charge in [-0.15, -0.1) is 0 Å². The van der Waals surface area contributed by atoms with E-state index in [4.69, 9.17) is 18.9 Å². The predicted molar refractivity (Wildman–Crippen MR) is 251 cm³/mol. The van der Waals surface area contributed by atoms with E-state index in [1.54, 1.807) is 34.1 Å². The Balaban J connectivity index is 0.974. The van der Waals surface area contributed by atoms with Crippen molar-refractivity contribution in [1.29, 1.82) is 0 Å². The second-order valence-corrected chi connectivity index (χ2v) is 17.3. The van der Waals surface area contributed by atoms with E-state index in [9.17, 15) is 24.0 Å². The van der Waals surface area contributed by atoms with E-state index in [1.165, 1.54) is 14.2 Å². The zero-order chi connectivity index (χ0) is 46.2. The Morgan fingerprint density at radius 2 is 1.17 bits per heavy atom. The van der Waals surface area contributed by atoms with Crippen LogP contribution in [0.15, 0.2) is 91.0 Å². The van der Waals surface area contributed by atoms with E-state index in [2.05, 4.69) is 15.5 Å². The van der Waals surface area contributed by atoms with Crippen LogP contribution in [0, 0.1) is 5.92 Å². The van der Waals surface area contributed by atoms with Crippen molar-refractivity contribution >= 4 is 57.8 Å². The summed E-state index contributed by atoms with van der Waals surface area (Å²) in [6.45, 7) is 4.83. The van der Waals surface area contributed by atoms with Crippen LogP contribution in [-0.2, 0) is 40.4 Å². The standard InChI is InChI=1S/C52H53N5O9/c1-6-44(58)30(2)13-11-12-18-55(3)35-20-31(28-65-47-26-38-36(24-45(47)63-4)51(61)56-40-16-9-7-14-33(40)22-42(56)49(59)53-38)19-32(21-35)29-66-48-27-39-37(25-46(48)64-5)52(62)57-41-17-10-8-15-34(41)23-43(57)50(60)54-39/h7-10,14-17,19-21,24-27,30,42-43H,6,11-13,18,22-23,28-29H2,1-5H3,(H,53,59)(H,54,60)/t30?,42-,43-/m0/s1. The van der Waals surface area contributed by atoms with Crippen LogP contribution in [0.4, 0.5) is 28.4 Å². The van der Waals surface area contributed by atoms with Gasteiger partial charge in [0.05, 0.1) is 36.7 Å². The molecular weight excluding hydrogens is 839 g/mol. The van der Waals surface area contributed by atoms with Crippen molar-refractivity contribution in [3.8, 4) is 23.0 Å². The molecule has 0 saturated carbocycles. The molecule has 14 heteroatoms. The second kappa shape index (κ2) is 18.3. The number of benzene rings is 5. The number of Topliss-reactive ketones (excluding diaryl/α,β-unsaturated/α-hetero) is 1. The summed E-state index contributed by atoms with van der Waals surface area (Å²) >= 11 is 0. The van der Waals surface area contributed by atoms with Crippen LogP contribution >= 0.6 is 0 Å². The first-order valence-electron chi connectivity index (χ1n) is 22.5. The Hall–Kier alpha value is -7.35. The molecule has 4 amide bonds. The van der Waals surface area contributed by atoms with Crippen LogP contribution in [0.2, 0.25) is 0 Å². The highest BCUT2D eigenvalue weighted by Gasteiger charge is 2.44. The number of rotatable bonds is 16. The van der Waals surface area contributed by atoms with Gasteiger partial charge in [0.2, 0.25) is 11.8 Å². The van der Waals surface area contributed by atoms with Crippen LogP contribution in [0.25, 0.3) is 0 Å². The van der Waals surface area contributed by atoms with Crippen molar-refractivity contribution in [2.45, 2.75) is 77.7 Å². The molecule has 66 heavy (non-hydrogen) atoms. The van der Waals surface area contributed by atoms with Crippen molar-refractivity contribution in [2.24, 2.45) is 5.92 Å². The average molecular weight is 892 g/mol. The molecule has 14 nitrogen and oxygen atoms in total. The van der Waals surface area contributed by atoms with Gasteiger partial charge in [-0.25, -0.2) is 0 Å². The Morgan fingerprint density at radius 3 is 1.64 bits per heavy atom. The van der Waals surface area contributed by atoms with Crippen LogP contribution in [0.1, 0.15) is 82.5 Å². The molecule has 0 fully saturated rings. The second-order valence-electron chi connectivity index (χ2n) is 17.3. The van der Waals surface area contributed by atoms with Crippen molar-refractivity contribution in [3.05, 3.63) is 124 Å². The fourth-order valence-corrected chi connectivity index (χ4v) is 9.50. The first kappa shape index (κ1) is 43.9. The highest BCUT2D eigenvalue weighted by atomic mass is 16.5. The van der Waals surface area contributed by atoms with Gasteiger partial charge >= 0.3 is 0 Å². The molecule has 3 atom stereocenters. The van der Waals surface area contributed by atoms with Gasteiger partial charge < -0.3 is 34.5 Å². The Kier molecular flexibility index (Phi) is 12.1. The van der Waals surface area contributed by atoms with Crippen LogP contribution < -0.4 is 44.3 Å². The molecule has 5 aromatic rings. The fourth-order valence-electron chi connectivity index (χ4n) is 9.50. The summed E-state index contributed by atoms with van der Waals surface area (Å²) in [6, 6.07) is 26.3. The number of carbonyl (C=O) groups excluding carboxylic acids is 5. The minimum Gasteiger partial charge on any atom is -0.493 e. The molecular formula is C52H53N5O9. The number of ketones is 1. The van der Waals surface area contributed by atoms with Gasteiger partial charge in [-0.2, -0.15) is 0 Å². The number of amides is 4. The smallest absolute Gasteiger partial charge is 0.261 e. The molecule has 0 spiro atoms. The molecule has 0 bridgehead atoms. The predicted octanol–water partition coefficient (Wildman–Crippen LogP) is 8.13. The molecule has 0 aromatic heterocycles. The maximum Gasteiger partial charge on any atom is 0.261 e. The number of hydrogen-bond donors (Lipinski definition) is 2. The molecule has 1 unspecified atom stereocenters. The molecule has 0 aliphatic carbocycles. The first-order valence-corrected chi connectivity index (χ1v) is 22.5. The third-order valence-electron chi connectivity index (χ3n) is 13.1. The number of fused-ring (bicyclic) bond motifs is 8. The first-order chi connectivity index (χ1) is 32.0. The van der Waals surface area contributed by atoms with Gasteiger partial charge in [-0.05, 0) is 77.6 Å². The van der Waals surface area contributed by atoms with E-state index < -0.39 is 12.1 Å². The number of nitrogens with one attached hydrogen (secondary N) is 2. The summed E-state index contributed by atoms with van der Waals surface area (Å²) in [7, 11) is 5.03. The monoisotopic (exact) mass is 891 g/mol. The lowest BCUT2D eigenvalue weighted by Crippen LogP contribution is -2.42. The van der Waals surface area contributed by atoms with Crippen molar-refractivity contribution in [3.63, 3.8) is 0 Å². The van der Waals surface area contributed by atoms with Gasteiger partial charge in [0.15, 0.2) is 23.0 Å². The van der Waals surface area contributed by atoms with Gasteiger partial charge in [0, 0.05) is 68.0 Å². The lowest BCUT2D eigenvalue weighted by Gasteiger charge is -2.23. The molecule has 9 rings (SSSR count).